The SMILES string of the molecule is NCC#C/C=C\C#CCN. The van der Waals surface area contributed by atoms with E-state index in [1.165, 1.54) is 0 Å². The molecule has 2 nitrogen and oxygen atoms in total. The third-order valence-electron chi connectivity index (χ3n) is 0.658. The van der Waals surface area contributed by atoms with Crippen molar-refractivity contribution in [2.75, 3.05) is 13.1 Å². The largest absolute Gasteiger partial charge is 0.320 e. The van der Waals surface area contributed by atoms with Gasteiger partial charge in [0.1, 0.15) is 0 Å². The Morgan fingerprint density at radius 3 is 1.60 bits per heavy atom. The van der Waals surface area contributed by atoms with Crippen molar-refractivity contribution in [2.45, 2.75) is 0 Å². The summed E-state index contributed by atoms with van der Waals surface area (Å²) in [7, 11) is 0. The van der Waals surface area contributed by atoms with Crippen LogP contribution in [0.15, 0.2) is 12.2 Å². The van der Waals surface area contributed by atoms with E-state index in [2.05, 4.69) is 23.7 Å². The molecule has 0 atom stereocenters. The van der Waals surface area contributed by atoms with Crippen molar-refractivity contribution in [2.24, 2.45) is 11.5 Å². The summed E-state index contributed by atoms with van der Waals surface area (Å²) in [5.74, 6) is 10.7. The van der Waals surface area contributed by atoms with E-state index < -0.39 is 0 Å². The molecule has 0 spiro atoms. The first-order chi connectivity index (χ1) is 4.91. The van der Waals surface area contributed by atoms with E-state index in [9.17, 15) is 0 Å². The molecule has 2 heteroatoms. The maximum atomic E-state index is 5.11. The number of rotatable bonds is 0. The van der Waals surface area contributed by atoms with Crippen molar-refractivity contribution >= 4 is 0 Å². The summed E-state index contributed by atoms with van der Waals surface area (Å²) in [6, 6.07) is 0. The van der Waals surface area contributed by atoms with Gasteiger partial charge in [-0.05, 0) is 12.2 Å². The number of allylic oxidation sites excluding steroid dienone is 2. The Morgan fingerprint density at radius 2 is 1.30 bits per heavy atom. The van der Waals surface area contributed by atoms with E-state index in [1.807, 2.05) is 0 Å². The molecule has 0 amide bonds. The molecule has 0 saturated carbocycles. The van der Waals surface area contributed by atoms with E-state index in [4.69, 9.17) is 11.5 Å². The second-order valence-corrected chi connectivity index (χ2v) is 1.38. The molecule has 0 aliphatic heterocycles. The van der Waals surface area contributed by atoms with Crippen molar-refractivity contribution in [3.8, 4) is 23.7 Å². The summed E-state index contributed by atoms with van der Waals surface area (Å²) in [5.41, 5.74) is 10.2. The molecule has 0 bridgehead atoms. The van der Waals surface area contributed by atoms with Crippen molar-refractivity contribution in [3.05, 3.63) is 12.2 Å². The zero-order chi connectivity index (χ0) is 7.66. The van der Waals surface area contributed by atoms with Gasteiger partial charge in [-0.1, -0.05) is 23.7 Å². The fraction of sp³-hybridized carbons (Fsp3) is 0.250. The molecular weight excluding hydrogens is 124 g/mol. The highest BCUT2D eigenvalue weighted by Crippen LogP contribution is 1.64. The molecule has 0 aliphatic carbocycles. The zero-order valence-corrected chi connectivity index (χ0v) is 5.72. The lowest BCUT2D eigenvalue weighted by atomic mass is 10.4. The molecule has 10 heavy (non-hydrogen) atoms. The van der Waals surface area contributed by atoms with Crippen LogP contribution >= 0.6 is 0 Å². The zero-order valence-electron chi connectivity index (χ0n) is 5.72. The number of hydrogen-bond acceptors (Lipinski definition) is 2. The first kappa shape index (κ1) is 8.78. The third-order valence-corrected chi connectivity index (χ3v) is 0.658. The molecular formula is C8H10N2. The van der Waals surface area contributed by atoms with Crippen LogP contribution in [-0.2, 0) is 0 Å². The third kappa shape index (κ3) is 6.78. The molecule has 0 aromatic rings. The minimum atomic E-state index is 0.384. The average Bonchev–Trinajstić information content (AvgIpc) is 1.97. The van der Waals surface area contributed by atoms with Gasteiger partial charge in [0.15, 0.2) is 0 Å². The van der Waals surface area contributed by atoms with Gasteiger partial charge in [0.2, 0.25) is 0 Å². The summed E-state index contributed by atoms with van der Waals surface area (Å²) in [4.78, 5) is 0. The van der Waals surface area contributed by atoms with Crippen LogP contribution in [0.25, 0.3) is 0 Å². The maximum absolute atomic E-state index is 5.11. The number of nitrogens with two attached hydrogens (primary N) is 2. The van der Waals surface area contributed by atoms with Gasteiger partial charge in [0, 0.05) is 0 Å². The molecule has 0 aromatic heterocycles. The lowest BCUT2D eigenvalue weighted by Crippen LogP contribution is -1.92. The van der Waals surface area contributed by atoms with Crippen molar-refractivity contribution in [1.29, 1.82) is 0 Å². The molecule has 0 fully saturated rings. The number of hydrogen-bond donors (Lipinski definition) is 2. The fourth-order valence-electron chi connectivity index (χ4n) is 0.319. The van der Waals surface area contributed by atoms with Crippen LogP contribution < -0.4 is 11.5 Å². The molecule has 0 aliphatic rings. The quantitative estimate of drug-likeness (QED) is 0.437. The minimum absolute atomic E-state index is 0.384. The highest BCUT2D eigenvalue weighted by molar-refractivity contribution is 5.25. The molecule has 4 N–H and O–H groups in total. The lowest BCUT2D eigenvalue weighted by Gasteiger charge is -1.68. The summed E-state index contributed by atoms with van der Waals surface area (Å²) >= 11 is 0. The van der Waals surface area contributed by atoms with Crippen LogP contribution in [0.5, 0.6) is 0 Å². The Labute approximate surface area is 61.3 Å². The predicted molar refractivity (Wildman–Crippen MR) is 42.8 cm³/mol. The smallest absolute Gasteiger partial charge is 0.0554 e. The van der Waals surface area contributed by atoms with Crippen molar-refractivity contribution in [3.63, 3.8) is 0 Å². The van der Waals surface area contributed by atoms with Crippen LogP contribution in [0.1, 0.15) is 0 Å². The van der Waals surface area contributed by atoms with Gasteiger partial charge in [-0.15, -0.1) is 0 Å². The molecule has 52 valence electrons. The summed E-state index contributed by atoms with van der Waals surface area (Å²) < 4.78 is 0. The fourth-order valence-corrected chi connectivity index (χ4v) is 0.319. The Morgan fingerprint density at radius 1 is 0.900 bits per heavy atom. The van der Waals surface area contributed by atoms with Gasteiger partial charge < -0.3 is 11.5 Å². The molecule has 0 heterocycles. The molecule has 0 rings (SSSR count). The van der Waals surface area contributed by atoms with Crippen LogP contribution in [0.4, 0.5) is 0 Å². The summed E-state index contributed by atoms with van der Waals surface area (Å²) in [6.07, 6.45) is 3.30. The lowest BCUT2D eigenvalue weighted by molar-refractivity contribution is 1.30. The van der Waals surface area contributed by atoms with Crippen LogP contribution in [0.3, 0.4) is 0 Å². The Balaban J connectivity index is 3.56. The highest BCUT2D eigenvalue weighted by atomic mass is 14.5. The van der Waals surface area contributed by atoms with E-state index in [1.54, 1.807) is 12.2 Å². The Kier molecular flexibility index (Phi) is 6.83. The van der Waals surface area contributed by atoms with Crippen LogP contribution in [0.2, 0.25) is 0 Å². The Hall–Kier alpha value is -1.22. The van der Waals surface area contributed by atoms with Gasteiger partial charge in [-0.3, -0.25) is 0 Å². The summed E-state index contributed by atoms with van der Waals surface area (Å²) in [6.45, 7) is 0.767. The normalized spacial score (nSPS) is 7.80. The van der Waals surface area contributed by atoms with E-state index in [0.717, 1.165) is 0 Å². The maximum Gasteiger partial charge on any atom is 0.0554 e. The molecule has 0 saturated heterocycles. The van der Waals surface area contributed by atoms with E-state index in [0.29, 0.717) is 13.1 Å². The standard InChI is InChI=1S/C8H10N2/c9-7-5-3-1-2-4-6-8-10/h1-2H,7-10H2/b2-1-. The van der Waals surface area contributed by atoms with E-state index >= 15 is 0 Å². The van der Waals surface area contributed by atoms with E-state index in [-0.39, 0.29) is 0 Å². The highest BCUT2D eigenvalue weighted by Gasteiger charge is 1.58. The first-order valence-corrected chi connectivity index (χ1v) is 2.93. The minimum Gasteiger partial charge on any atom is -0.320 e. The molecule has 0 aromatic carbocycles. The average molecular weight is 134 g/mol. The predicted octanol–water partition coefficient (Wildman–Crippen LogP) is -0.533. The summed E-state index contributed by atoms with van der Waals surface area (Å²) in [5, 5.41) is 0. The van der Waals surface area contributed by atoms with Gasteiger partial charge >= 0.3 is 0 Å². The second kappa shape index (κ2) is 7.78. The van der Waals surface area contributed by atoms with Gasteiger partial charge in [0.05, 0.1) is 13.1 Å². The van der Waals surface area contributed by atoms with Crippen LogP contribution in [0, 0.1) is 23.7 Å². The van der Waals surface area contributed by atoms with Gasteiger partial charge in [-0.2, -0.15) is 0 Å². The molecule has 0 radical (unpaired) electrons. The Bertz CT molecular complexity index is 183. The van der Waals surface area contributed by atoms with Gasteiger partial charge in [0.25, 0.3) is 0 Å². The van der Waals surface area contributed by atoms with Crippen LogP contribution in [-0.4, -0.2) is 13.1 Å². The topological polar surface area (TPSA) is 52.0 Å². The van der Waals surface area contributed by atoms with Crippen molar-refractivity contribution < 1.29 is 0 Å². The monoisotopic (exact) mass is 134 g/mol. The second-order valence-electron chi connectivity index (χ2n) is 1.38. The first-order valence-electron chi connectivity index (χ1n) is 2.93. The van der Waals surface area contributed by atoms with Crippen molar-refractivity contribution in [1.82, 2.24) is 0 Å². The van der Waals surface area contributed by atoms with Gasteiger partial charge in [-0.25, -0.2) is 0 Å². The molecule has 0 unspecified atom stereocenters.